The summed E-state index contributed by atoms with van der Waals surface area (Å²) in [6.07, 6.45) is 0. The van der Waals surface area contributed by atoms with Gasteiger partial charge in [-0.05, 0) is 57.2 Å². The van der Waals surface area contributed by atoms with E-state index in [4.69, 9.17) is 23.2 Å². The summed E-state index contributed by atoms with van der Waals surface area (Å²) in [7, 11) is 0. The van der Waals surface area contributed by atoms with Crippen molar-refractivity contribution in [3.63, 3.8) is 0 Å². The molecule has 0 heterocycles. The monoisotopic (exact) mass is 385 g/mol. The van der Waals surface area contributed by atoms with Crippen LogP contribution in [0, 0.1) is 5.92 Å². The number of hydrogen-bond donors (Lipinski definition) is 1. The third kappa shape index (κ3) is 4.72. The summed E-state index contributed by atoms with van der Waals surface area (Å²) in [5, 5.41) is 5.10. The van der Waals surface area contributed by atoms with Crippen LogP contribution in [0.2, 0.25) is 10.0 Å². The molecule has 2 aromatic rings. The van der Waals surface area contributed by atoms with Crippen LogP contribution < -0.4 is 5.32 Å². The predicted octanol–water partition coefficient (Wildman–Crippen LogP) is 6.24. The third-order valence-corrected chi connectivity index (χ3v) is 4.89. The van der Waals surface area contributed by atoms with Crippen LogP contribution in [0.4, 0.5) is 0 Å². The van der Waals surface area contributed by atoms with Crippen LogP contribution in [-0.2, 0) is 6.54 Å². The van der Waals surface area contributed by atoms with Gasteiger partial charge in [0, 0.05) is 22.1 Å². The van der Waals surface area contributed by atoms with E-state index in [2.05, 4.69) is 53.3 Å². The molecule has 0 aromatic heterocycles. The van der Waals surface area contributed by atoms with Crippen LogP contribution in [0.25, 0.3) is 0 Å². The highest BCUT2D eigenvalue weighted by Crippen LogP contribution is 2.26. The highest BCUT2D eigenvalue weighted by atomic mass is 79.9. The minimum atomic E-state index is 0.282. The zero-order valence-electron chi connectivity index (χ0n) is 12.0. The van der Waals surface area contributed by atoms with Gasteiger partial charge < -0.3 is 5.32 Å². The summed E-state index contributed by atoms with van der Waals surface area (Å²) in [4.78, 5) is 0. The summed E-state index contributed by atoms with van der Waals surface area (Å²) in [6, 6.07) is 14.3. The maximum Gasteiger partial charge on any atom is 0.0551 e. The Hall–Kier alpha value is -0.540. The van der Waals surface area contributed by atoms with E-state index in [1.165, 1.54) is 11.1 Å². The first-order chi connectivity index (χ1) is 9.97. The van der Waals surface area contributed by atoms with Crippen molar-refractivity contribution in [2.24, 2.45) is 5.92 Å². The predicted molar refractivity (Wildman–Crippen MR) is 95.0 cm³/mol. The average Bonchev–Trinajstić information content (AvgIpc) is 2.44. The van der Waals surface area contributed by atoms with Gasteiger partial charge in [0.2, 0.25) is 0 Å². The summed E-state index contributed by atoms with van der Waals surface area (Å²) in [5.41, 5.74) is 2.42. The van der Waals surface area contributed by atoms with Crippen molar-refractivity contribution in [2.75, 3.05) is 0 Å². The Kier molecular flexibility index (Phi) is 6.12. The highest BCUT2D eigenvalue weighted by molar-refractivity contribution is 9.10. The van der Waals surface area contributed by atoms with Gasteiger partial charge in [-0.1, -0.05) is 55.2 Å². The van der Waals surface area contributed by atoms with E-state index in [1.807, 2.05) is 24.3 Å². The van der Waals surface area contributed by atoms with Gasteiger partial charge in [0.05, 0.1) is 5.02 Å². The molecule has 2 rings (SSSR count). The second kappa shape index (κ2) is 7.64. The Balaban J connectivity index is 2.09. The molecule has 0 amide bonds. The summed E-state index contributed by atoms with van der Waals surface area (Å²) >= 11 is 15.5. The van der Waals surface area contributed by atoms with Crippen LogP contribution in [0.5, 0.6) is 0 Å². The lowest BCUT2D eigenvalue weighted by molar-refractivity contribution is 0.410. The van der Waals surface area contributed by atoms with Crippen molar-refractivity contribution in [3.8, 4) is 0 Å². The second-order valence-electron chi connectivity index (χ2n) is 5.40. The first-order valence-corrected chi connectivity index (χ1v) is 8.45. The smallest absolute Gasteiger partial charge is 0.0551 e. The second-order valence-corrected chi connectivity index (χ2v) is 7.10. The van der Waals surface area contributed by atoms with Crippen molar-refractivity contribution < 1.29 is 0 Å². The van der Waals surface area contributed by atoms with Gasteiger partial charge in [0.15, 0.2) is 0 Å². The van der Waals surface area contributed by atoms with Crippen LogP contribution >= 0.6 is 39.1 Å². The fourth-order valence-corrected chi connectivity index (χ4v) is 2.86. The van der Waals surface area contributed by atoms with Gasteiger partial charge in [-0.15, -0.1) is 0 Å². The quantitative estimate of drug-likeness (QED) is 0.640. The lowest BCUT2D eigenvalue weighted by atomic mass is 9.96. The van der Waals surface area contributed by atoms with Gasteiger partial charge in [-0.3, -0.25) is 0 Å². The summed E-state index contributed by atoms with van der Waals surface area (Å²) in [5.74, 6) is 0.483. The molecule has 112 valence electrons. The average molecular weight is 387 g/mol. The van der Waals surface area contributed by atoms with E-state index < -0.39 is 0 Å². The fourth-order valence-electron chi connectivity index (χ4n) is 2.29. The lowest BCUT2D eigenvalue weighted by Crippen LogP contribution is -2.25. The fraction of sp³-hybridized carbons (Fsp3) is 0.294. The van der Waals surface area contributed by atoms with E-state index >= 15 is 0 Å². The van der Waals surface area contributed by atoms with Crippen LogP contribution in [0.3, 0.4) is 0 Å². The van der Waals surface area contributed by atoms with Crippen molar-refractivity contribution in [2.45, 2.75) is 26.4 Å². The molecule has 1 N–H and O–H groups in total. The van der Waals surface area contributed by atoms with E-state index in [0.29, 0.717) is 5.92 Å². The van der Waals surface area contributed by atoms with Crippen molar-refractivity contribution in [1.29, 1.82) is 0 Å². The number of hydrogen-bond acceptors (Lipinski definition) is 1. The number of rotatable bonds is 5. The van der Waals surface area contributed by atoms with Crippen LogP contribution in [0.15, 0.2) is 46.9 Å². The molecular weight excluding hydrogens is 369 g/mol. The molecule has 21 heavy (non-hydrogen) atoms. The van der Waals surface area contributed by atoms with E-state index in [1.54, 1.807) is 0 Å². The molecule has 0 aliphatic rings. The molecule has 1 nitrogen and oxygen atoms in total. The molecule has 0 aliphatic heterocycles. The molecule has 0 aliphatic carbocycles. The molecule has 4 heteroatoms. The number of benzene rings is 2. The molecule has 0 bridgehead atoms. The van der Waals surface area contributed by atoms with Crippen LogP contribution in [0.1, 0.15) is 31.0 Å². The Labute approximate surface area is 144 Å². The minimum Gasteiger partial charge on any atom is -0.306 e. The molecule has 0 spiro atoms. The van der Waals surface area contributed by atoms with Gasteiger partial charge in [0.1, 0.15) is 0 Å². The van der Waals surface area contributed by atoms with Crippen molar-refractivity contribution in [1.82, 2.24) is 5.32 Å². The Bertz CT molecular complexity index is 596. The van der Waals surface area contributed by atoms with E-state index in [9.17, 15) is 0 Å². The molecule has 0 saturated carbocycles. The van der Waals surface area contributed by atoms with Crippen molar-refractivity contribution >= 4 is 39.1 Å². The molecule has 1 unspecified atom stereocenters. The molecular formula is C17H18BrCl2N. The van der Waals surface area contributed by atoms with E-state index in [-0.39, 0.29) is 6.04 Å². The normalized spacial score (nSPS) is 12.7. The first-order valence-electron chi connectivity index (χ1n) is 6.90. The van der Waals surface area contributed by atoms with Gasteiger partial charge in [0.25, 0.3) is 0 Å². The maximum absolute atomic E-state index is 6.14. The number of halogens is 3. The SMILES string of the molecule is CC(C)C(NCc1ccc(Br)c(Cl)c1)c1ccc(Cl)cc1. The maximum atomic E-state index is 6.14. The highest BCUT2D eigenvalue weighted by Gasteiger charge is 2.15. The zero-order valence-corrected chi connectivity index (χ0v) is 15.1. The minimum absolute atomic E-state index is 0.282. The topological polar surface area (TPSA) is 12.0 Å². The Morgan fingerprint density at radius 3 is 2.29 bits per heavy atom. The lowest BCUT2D eigenvalue weighted by Gasteiger charge is -2.23. The van der Waals surface area contributed by atoms with E-state index in [0.717, 1.165) is 21.1 Å². The molecule has 0 fully saturated rings. The summed E-state index contributed by atoms with van der Waals surface area (Å²) in [6.45, 7) is 5.19. The van der Waals surface area contributed by atoms with Crippen molar-refractivity contribution in [3.05, 3.63) is 68.1 Å². The third-order valence-electron chi connectivity index (χ3n) is 3.41. The molecule has 2 aromatic carbocycles. The zero-order chi connectivity index (χ0) is 15.4. The molecule has 1 atom stereocenters. The Morgan fingerprint density at radius 1 is 1.05 bits per heavy atom. The first kappa shape index (κ1) is 16.8. The van der Waals surface area contributed by atoms with Gasteiger partial charge in [-0.2, -0.15) is 0 Å². The number of nitrogens with one attached hydrogen (secondary N) is 1. The van der Waals surface area contributed by atoms with Gasteiger partial charge >= 0.3 is 0 Å². The van der Waals surface area contributed by atoms with Crippen LogP contribution in [-0.4, -0.2) is 0 Å². The Morgan fingerprint density at radius 2 is 1.71 bits per heavy atom. The molecule has 0 saturated heterocycles. The standard InChI is InChI=1S/C17H18BrCl2N/c1-11(2)17(13-4-6-14(19)7-5-13)21-10-12-3-8-15(18)16(20)9-12/h3-9,11,17,21H,10H2,1-2H3. The van der Waals surface area contributed by atoms with Gasteiger partial charge in [-0.25, -0.2) is 0 Å². The molecule has 0 radical (unpaired) electrons. The largest absolute Gasteiger partial charge is 0.306 e. The summed E-state index contributed by atoms with van der Waals surface area (Å²) < 4.78 is 0.922.